The lowest BCUT2D eigenvalue weighted by molar-refractivity contribution is 0.188. The molecule has 1 aromatic heterocycles. The van der Waals surface area contributed by atoms with Crippen molar-refractivity contribution >= 4 is 0 Å². The van der Waals surface area contributed by atoms with Gasteiger partial charge in [-0.1, -0.05) is 107 Å². The summed E-state index contributed by atoms with van der Waals surface area (Å²) < 4.78 is 2.54. The predicted octanol–water partition coefficient (Wildman–Crippen LogP) is 8.20. The smallest absolute Gasteiger partial charge is 0.140 e. The molecule has 1 saturated carbocycles. The maximum Gasteiger partial charge on any atom is 0.140 e. The van der Waals surface area contributed by atoms with Crippen LogP contribution < -0.4 is 0 Å². The highest BCUT2D eigenvalue weighted by Crippen LogP contribution is 2.32. The maximum absolute atomic E-state index is 5.32. The van der Waals surface area contributed by atoms with Crippen molar-refractivity contribution in [1.82, 2.24) is 14.5 Å². The van der Waals surface area contributed by atoms with Gasteiger partial charge < -0.3 is 4.57 Å². The van der Waals surface area contributed by atoms with Crippen LogP contribution in [-0.2, 0) is 13.1 Å². The van der Waals surface area contributed by atoms with E-state index >= 15 is 0 Å². The second kappa shape index (κ2) is 12.9. The number of unbranched alkanes of at least 4 members (excludes halogenated alkanes) is 2. The topological polar surface area (TPSA) is 21.1 Å². The molecule has 0 spiro atoms. The summed E-state index contributed by atoms with van der Waals surface area (Å²) in [6.45, 7) is 9.03. The monoisotopic (exact) mass is 457 g/mol. The minimum absolute atomic E-state index is 0.853. The fourth-order valence-corrected chi connectivity index (χ4v) is 5.40. The Kier molecular flexibility index (Phi) is 9.38. The number of hydrogen-bond donors (Lipinski definition) is 0. The van der Waals surface area contributed by atoms with Gasteiger partial charge in [-0.2, -0.15) is 0 Å². The second-order valence-electron chi connectivity index (χ2n) is 10.1. The van der Waals surface area contributed by atoms with E-state index in [1.54, 1.807) is 0 Å². The Morgan fingerprint density at radius 3 is 2.12 bits per heavy atom. The summed E-state index contributed by atoms with van der Waals surface area (Å²) in [6, 6.07) is 21.6. The fourth-order valence-electron chi connectivity index (χ4n) is 5.40. The molecule has 3 heteroatoms. The first-order valence-electron chi connectivity index (χ1n) is 13.7. The standard InChI is InChI=1S/C31H43N3/c1-3-5-22-33(24-26-16-10-7-11-17-26)25-29-30(27-18-12-8-13-19-27)32-31(34(29)23-6-4-2)28-20-14-9-15-21-28/h8-9,12-15,18-21,26H,3-7,10-11,16-17,22-25H2,1-2H3. The van der Waals surface area contributed by atoms with Gasteiger partial charge in [-0.3, -0.25) is 4.90 Å². The van der Waals surface area contributed by atoms with Crippen LogP contribution in [0.4, 0.5) is 0 Å². The first-order valence-corrected chi connectivity index (χ1v) is 13.7. The second-order valence-corrected chi connectivity index (χ2v) is 10.1. The summed E-state index contributed by atoms with van der Waals surface area (Å²) >= 11 is 0. The summed E-state index contributed by atoms with van der Waals surface area (Å²) in [6.07, 6.45) is 11.9. The van der Waals surface area contributed by atoms with Crippen LogP contribution >= 0.6 is 0 Å². The van der Waals surface area contributed by atoms with Gasteiger partial charge in [0, 0.05) is 30.8 Å². The molecule has 3 aromatic rings. The number of benzene rings is 2. The van der Waals surface area contributed by atoms with Crippen molar-refractivity contribution in [3.8, 4) is 22.6 Å². The highest BCUT2D eigenvalue weighted by Gasteiger charge is 2.23. The molecule has 34 heavy (non-hydrogen) atoms. The van der Waals surface area contributed by atoms with Crippen LogP contribution in [0.5, 0.6) is 0 Å². The Morgan fingerprint density at radius 2 is 1.47 bits per heavy atom. The van der Waals surface area contributed by atoms with Gasteiger partial charge >= 0.3 is 0 Å². The molecule has 0 amide bonds. The minimum atomic E-state index is 0.853. The molecule has 4 rings (SSSR count). The van der Waals surface area contributed by atoms with E-state index in [-0.39, 0.29) is 0 Å². The number of hydrogen-bond acceptors (Lipinski definition) is 2. The molecule has 1 aliphatic carbocycles. The number of imidazole rings is 1. The third-order valence-electron chi connectivity index (χ3n) is 7.33. The van der Waals surface area contributed by atoms with Crippen molar-refractivity contribution in [3.05, 3.63) is 66.4 Å². The van der Waals surface area contributed by atoms with Crippen molar-refractivity contribution in [2.24, 2.45) is 5.92 Å². The zero-order chi connectivity index (χ0) is 23.6. The van der Waals surface area contributed by atoms with Gasteiger partial charge in [0.2, 0.25) is 0 Å². The highest BCUT2D eigenvalue weighted by molar-refractivity contribution is 5.68. The van der Waals surface area contributed by atoms with Gasteiger partial charge in [0.25, 0.3) is 0 Å². The van der Waals surface area contributed by atoms with Gasteiger partial charge in [0.15, 0.2) is 0 Å². The maximum atomic E-state index is 5.32. The Balaban J connectivity index is 1.74. The van der Waals surface area contributed by atoms with Crippen molar-refractivity contribution < 1.29 is 0 Å². The van der Waals surface area contributed by atoms with E-state index in [9.17, 15) is 0 Å². The van der Waals surface area contributed by atoms with E-state index in [0.29, 0.717) is 0 Å². The van der Waals surface area contributed by atoms with Crippen LogP contribution in [0.25, 0.3) is 22.6 Å². The average Bonchev–Trinajstić information content (AvgIpc) is 3.25. The highest BCUT2D eigenvalue weighted by atomic mass is 15.2. The lowest BCUT2D eigenvalue weighted by atomic mass is 9.89. The molecule has 0 radical (unpaired) electrons. The van der Waals surface area contributed by atoms with Gasteiger partial charge in [-0.15, -0.1) is 0 Å². The molecule has 0 bridgehead atoms. The third-order valence-corrected chi connectivity index (χ3v) is 7.33. The molecule has 1 heterocycles. The van der Waals surface area contributed by atoms with E-state index in [2.05, 4.69) is 84.0 Å². The van der Waals surface area contributed by atoms with Crippen molar-refractivity contribution in [2.75, 3.05) is 13.1 Å². The summed E-state index contributed by atoms with van der Waals surface area (Å²) in [5, 5.41) is 0. The van der Waals surface area contributed by atoms with Crippen LogP contribution in [0.15, 0.2) is 60.7 Å². The normalized spacial score (nSPS) is 14.7. The molecule has 0 unspecified atom stereocenters. The zero-order valence-electron chi connectivity index (χ0n) is 21.4. The summed E-state index contributed by atoms with van der Waals surface area (Å²) in [5.74, 6) is 1.97. The first-order chi connectivity index (χ1) is 16.8. The summed E-state index contributed by atoms with van der Waals surface area (Å²) in [4.78, 5) is 8.07. The van der Waals surface area contributed by atoms with E-state index in [0.717, 1.165) is 24.8 Å². The van der Waals surface area contributed by atoms with E-state index in [4.69, 9.17) is 4.98 Å². The van der Waals surface area contributed by atoms with Crippen molar-refractivity contribution in [2.45, 2.75) is 84.7 Å². The van der Waals surface area contributed by atoms with Gasteiger partial charge in [-0.05, 0) is 38.1 Å². The molecule has 0 atom stereocenters. The molecule has 182 valence electrons. The zero-order valence-corrected chi connectivity index (χ0v) is 21.4. The predicted molar refractivity (Wildman–Crippen MR) is 145 cm³/mol. The average molecular weight is 458 g/mol. The van der Waals surface area contributed by atoms with Crippen LogP contribution in [0.2, 0.25) is 0 Å². The van der Waals surface area contributed by atoms with E-state index in [1.165, 1.54) is 93.4 Å². The lowest BCUT2D eigenvalue weighted by Gasteiger charge is -2.30. The SMILES string of the molecule is CCCCN(Cc1c(-c2ccccc2)nc(-c2ccccc2)n1CCCC)CC1CCCCC1. The van der Waals surface area contributed by atoms with Crippen LogP contribution in [0.3, 0.4) is 0 Å². The molecule has 0 aliphatic heterocycles. The van der Waals surface area contributed by atoms with Gasteiger partial charge in [-0.25, -0.2) is 4.98 Å². The Hall–Kier alpha value is -2.39. The summed E-state index contributed by atoms with van der Waals surface area (Å²) in [5.41, 5.74) is 5.01. The van der Waals surface area contributed by atoms with Gasteiger partial charge in [0.1, 0.15) is 5.82 Å². The number of aromatic nitrogens is 2. The largest absolute Gasteiger partial charge is 0.326 e. The van der Waals surface area contributed by atoms with Crippen molar-refractivity contribution in [3.63, 3.8) is 0 Å². The van der Waals surface area contributed by atoms with E-state index in [1.807, 2.05) is 0 Å². The molecule has 1 fully saturated rings. The Morgan fingerprint density at radius 1 is 0.824 bits per heavy atom. The number of rotatable bonds is 12. The minimum Gasteiger partial charge on any atom is -0.326 e. The summed E-state index contributed by atoms with van der Waals surface area (Å²) in [7, 11) is 0. The number of nitrogens with zero attached hydrogens (tertiary/aromatic N) is 3. The molecular weight excluding hydrogens is 414 g/mol. The molecular formula is C31H43N3. The molecule has 1 aliphatic rings. The first kappa shape index (κ1) is 24.7. The van der Waals surface area contributed by atoms with Crippen LogP contribution in [0, 0.1) is 5.92 Å². The Labute approximate surface area is 207 Å². The third kappa shape index (κ3) is 6.39. The van der Waals surface area contributed by atoms with Crippen molar-refractivity contribution in [1.29, 1.82) is 0 Å². The quantitative estimate of drug-likeness (QED) is 0.273. The molecule has 3 nitrogen and oxygen atoms in total. The van der Waals surface area contributed by atoms with Crippen LogP contribution in [0.1, 0.15) is 77.3 Å². The fraction of sp³-hybridized carbons (Fsp3) is 0.516. The van der Waals surface area contributed by atoms with Gasteiger partial charge in [0.05, 0.1) is 11.4 Å². The van der Waals surface area contributed by atoms with E-state index < -0.39 is 0 Å². The molecule has 2 aromatic carbocycles. The van der Waals surface area contributed by atoms with Crippen LogP contribution in [-0.4, -0.2) is 27.5 Å². The lowest BCUT2D eigenvalue weighted by Crippen LogP contribution is -2.32. The Bertz CT molecular complexity index is 971. The molecule has 0 saturated heterocycles. The molecule has 0 N–H and O–H groups in total.